The highest BCUT2D eigenvalue weighted by atomic mass is 16.2. The number of carbonyl (C=O) groups excluding carboxylic acids is 2. The molecule has 1 aromatic heterocycles. The molecule has 0 aliphatic heterocycles. The fraction of sp³-hybridized carbons (Fsp3) is 0.318. The Morgan fingerprint density at radius 2 is 1.75 bits per heavy atom. The predicted octanol–water partition coefficient (Wildman–Crippen LogP) is 3.66. The van der Waals surface area contributed by atoms with Crippen LogP contribution in [-0.4, -0.2) is 27.9 Å². The van der Waals surface area contributed by atoms with Crippen LogP contribution in [0.2, 0.25) is 0 Å². The summed E-state index contributed by atoms with van der Waals surface area (Å²) < 4.78 is 2.01. The number of amides is 2. The summed E-state index contributed by atoms with van der Waals surface area (Å²) in [5.74, 6) is -0.159. The molecule has 1 fully saturated rings. The first-order valence-electron chi connectivity index (χ1n) is 9.81. The van der Waals surface area contributed by atoms with Crippen molar-refractivity contribution in [2.75, 3.05) is 11.9 Å². The van der Waals surface area contributed by atoms with Crippen molar-refractivity contribution in [1.29, 1.82) is 0 Å². The van der Waals surface area contributed by atoms with E-state index < -0.39 is 0 Å². The van der Waals surface area contributed by atoms with Crippen LogP contribution in [0.25, 0.3) is 16.7 Å². The number of nitrogens with zero attached hydrogens (tertiary/aromatic N) is 2. The van der Waals surface area contributed by atoms with Crippen LogP contribution in [0.1, 0.15) is 32.1 Å². The second-order valence-corrected chi connectivity index (χ2v) is 7.25. The van der Waals surface area contributed by atoms with E-state index in [2.05, 4.69) is 15.6 Å². The van der Waals surface area contributed by atoms with Crippen LogP contribution in [0.15, 0.2) is 54.9 Å². The van der Waals surface area contributed by atoms with E-state index in [-0.39, 0.29) is 24.3 Å². The van der Waals surface area contributed by atoms with Gasteiger partial charge in [-0.05, 0) is 49.2 Å². The van der Waals surface area contributed by atoms with E-state index in [0.717, 1.165) is 42.4 Å². The van der Waals surface area contributed by atoms with Crippen LogP contribution >= 0.6 is 0 Å². The van der Waals surface area contributed by atoms with E-state index in [0.29, 0.717) is 5.69 Å². The Morgan fingerprint density at radius 1 is 1.00 bits per heavy atom. The summed E-state index contributed by atoms with van der Waals surface area (Å²) in [5.41, 5.74) is 3.64. The number of hydrogen-bond donors (Lipinski definition) is 2. The SMILES string of the molecule is O=C(CNC(=O)C1CCCCC1)Nc1ccc(-n2cnc3ccccc32)cc1. The number of benzene rings is 2. The third-order valence-corrected chi connectivity index (χ3v) is 5.28. The molecule has 28 heavy (non-hydrogen) atoms. The Kier molecular flexibility index (Phi) is 5.37. The van der Waals surface area contributed by atoms with Gasteiger partial charge in [0, 0.05) is 17.3 Å². The predicted molar refractivity (Wildman–Crippen MR) is 109 cm³/mol. The summed E-state index contributed by atoms with van der Waals surface area (Å²) in [6, 6.07) is 15.5. The Bertz CT molecular complexity index is 972. The van der Waals surface area contributed by atoms with Gasteiger partial charge < -0.3 is 10.6 Å². The molecule has 144 valence electrons. The molecule has 1 aliphatic rings. The number of rotatable bonds is 5. The second kappa shape index (κ2) is 8.25. The molecule has 6 heteroatoms. The molecule has 1 heterocycles. The summed E-state index contributed by atoms with van der Waals surface area (Å²) in [7, 11) is 0. The van der Waals surface area contributed by atoms with Gasteiger partial charge in [-0.25, -0.2) is 4.98 Å². The zero-order valence-corrected chi connectivity index (χ0v) is 15.7. The van der Waals surface area contributed by atoms with E-state index in [4.69, 9.17) is 0 Å². The summed E-state index contributed by atoms with van der Waals surface area (Å²) in [6.07, 6.45) is 7.05. The van der Waals surface area contributed by atoms with Gasteiger partial charge in [-0.1, -0.05) is 31.4 Å². The number of anilines is 1. The Hall–Kier alpha value is -3.15. The van der Waals surface area contributed by atoms with Crippen LogP contribution in [0, 0.1) is 5.92 Å². The van der Waals surface area contributed by atoms with Gasteiger partial charge in [0.25, 0.3) is 0 Å². The van der Waals surface area contributed by atoms with E-state index in [1.54, 1.807) is 6.33 Å². The number of aromatic nitrogens is 2. The third-order valence-electron chi connectivity index (χ3n) is 5.28. The number of hydrogen-bond acceptors (Lipinski definition) is 3. The first kappa shape index (κ1) is 18.2. The molecule has 6 nitrogen and oxygen atoms in total. The molecule has 1 saturated carbocycles. The monoisotopic (exact) mass is 376 g/mol. The maximum atomic E-state index is 12.1. The molecule has 0 radical (unpaired) electrons. The van der Waals surface area contributed by atoms with Gasteiger partial charge in [-0.3, -0.25) is 14.2 Å². The molecule has 3 aromatic rings. The average Bonchev–Trinajstić information content (AvgIpc) is 3.17. The van der Waals surface area contributed by atoms with Crippen LogP contribution in [-0.2, 0) is 9.59 Å². The lowest BCUT2D eigenvalue weighted by Gasteiger charge is -2.20. The fourth-order valence-corrected chi connectivity index (χ4v) is 3.75. The molecule has 4 rings (SSSR count). The first-order valence-corrected chi connectivity index (χ1v) is 9.81. The van der Waals surface area contributed by atoms with Gasteiger partial charge in [-0.2, -0.15) is 0 Å². The van der Waals surface area contributed by atoms with Crippen molar-refractivity contribution in [3.05, 3.63) is 54.9 Å². The van der Waals surface area contributed by atoms with E-state index >= 15 is 0 Å². The minimum absolute atomic E-state index is 0.00261. The number of carbonyl (C=O) groups is 2. The zero-order chi connectivity index (χ0) is 19.3. The highest BCUT2D eigenvalue weighted by Gasteiger charge is 2.21. The van der Waals surface area contributed by atoms with Gasteiger partial charge >= 0.3 is 0 Å². The lowest BCUT2D eigenvalue weighted by atomic mass is 9.89. The summed E-state index contributed by atoms with van der Waals surface area (Å²) in [5, 5.41) is 5.59. The molecule has 0 atom stereocenters. The van der Waals surface area contributed by atoms with Crippen LogP contribution < -0.4 is 10.6 Å². The largest absolute Gasteiger partial charge is 0.347 e. The molecular weight excluding hydrogens is 352 g/mol. The Balaban J connectivity index is 1.34. The van der Waals surface area contributed by atoms with Gasteiger partial charge in [-0.15, -0.1) is 0 Å². The maximum absolute atomic E-state index is 12.1. The van der Waals surface area contributed by atoms with E-state index in [1.165, 1.54) is 6.42 Å². The lowest BCUT2D eigenvalue weighted by molar-refractivity contribution is -0.128. The fourth-order valence-electron chi connectivity index (χ4n) is 3.75. The number of fused-ring (bicyclic) bond motifs is 1. The van der Waals surface area contributed by atoms with Crippen molar-refractivity contribution < 1.29 is 9.59 Å². The normalized spacial score (nSPS) is 14.7. The minimum atomic E-state index is -0.218. The van der Waals surface area contributed by atoms with Crippen LogP contribution in [0.4, 0.5) is 5.69 Å². The molecular formula is C22H24N4O2. The smallest absolute Gasteiger partial charge is 0.243 e. The molecule has 0 saturated heterocycles. The van der Waals surface area contributed by atoms with Crippen molar-refractivity contribution in [3.8, 4) is 5.69 Å². The van der Waals surface area contributed by atoms with Gasteiger partial charge in [0.15, 0.2) is 0 Å². The molecule has 2 amide bonds. The van der Waals surface area contributed by atoms with E-state index in [9.17, 15) is 9.59 Å². The number of para-hydroxylation sites is 2. The summed E-state index contributed by atoms with van der Waals surface area (Å²) in [6.45, 7) is 0.00322. The second-order valence-electron chi connectivity index (χ2n) is 7.25. The first-order chi connectivity index (χ1) is 13.7. The lowest BCUT2D eigenvalue weighted by Crippen LogP contribution is -2.37. The zero-order valence-electron chi connectivity index (χ0n) is 15.7. The summed E-state index contributed by atoms with van der Waals surface area (Å²) in [4.78, 5) is 28.7. The average molecular weight is 376 g/mol. The van der Waals surface area contributed by atoms with Gasteiger partial charge in [0.1, 0.15) is 6.33 Å². The highest BCUT2D eigenvalue weighted by molar-refractivity contribution is 5.94. The van der Waals surface area contributed by atoms with Crippen molar-refractivity contribution in [1.82, 2.24) is 14.9 Å². The standard InChI is InChI=1S/C22H24N4O2/c27-21(14-23-22(28)16-6-2-1-3-7-16)25-17-10-12-18(13-11-17)26-15-24-19-8-4-5-9-20(19)26/h4-5,8-13,15-16H,1-3,6-7,14H2,(H,23,28)(H,25,27). The molecule has 0 unspecified atom stereocenters. The minimum Gasteiger partial charge on any atom is -0.347 e. The van der Waals surface area contributed by atoms with Gasteiger partial charge in [0.05, 0.1) is 17.6 Å². The molecule has 2 aromatic carbocycles. The van der Waals surface area contributed by atoms with E-state index in [1.807, 2.05) is 53.1 Å². The van der Waals surface area contributed by atoms with Crippen molar-refractivity contribution >= 4 is 28.5 Å². The number of nitrogens with one attached hydrogen (secondary N) is 2. The maximum Gasteiger partial charge on any atom is 0.243 e. The quantitative estimate of drug-likeness (QED) is 0.713. The molecule has 0 spiro atoms. The number of imidazole rings is 1. The third kappa shape index (κ3) is 4.06. The van der Waals surface area contributed by atoms with Crippen molar-refractivity contribution in [2.24, 2.45) is 5.92 Å². The highest BCUT2D eigenvalue weighted by Crippen LogP contribution is 2.23. The van der Waals surface area contributed by atoms with Crippen molar-refractivity contribution in [2.45, 2.75) is 32.1 Å². The summed E-state index contributed by atoms with van der Waals surface area (Å²) >= 11 is 0. The Labute approximate surface area is 164 Å². The van der Waals surface area contributed by atoms with Crippen molar-refractivity contribution in [3.63, 3.8) is 0 Å². The van der Waals surface area contributed by atoms with Crippen LogP contribution in [0.3, 0.4) is 0 Å². The molecule has 0 bridgehead atoms. The molecule has 2 N–H and O–H groups in total. The Morgan fingerprint density at radius 3 is 2.54 bits per heavy atom. The van der Waals surface area contributed by atoms with Gasteiger partial charge in [0.2, 0.25) is 11.8 Å². The topological polar surface area (TPSA) is 76.0 Å². The molecule has 1 aliphatic carbocycles. The van der Waals surface area contributed by atoms with Crippen LogP contribution in [0.5, 0.6) is 0 Å².